The summed E-state index contributed by atoms with van der Waals surface area (Å²) in [5.41, 5.74) is 1.47. The maximum Gasteiger partial charge on any atom is 0.313 e. The Kier molecular flexibility index (Phi) is 5.26. The zero-order valence-electron chi connectivity index (χ0n) is 12.2. The summed E-state index contributed by atoms with van der Waals surface area (Å²) in [6, 6.07) is 3.91. The highest BCUT2D eigenvalue weighted by Crippen LogP contribution is 2.31. The first-order chi connectivity index (χ1) is 9.58. The van der Waals surface area contributed by atoms with E-state index in [-0.39, 0.29) is 17.6 Å². The molecule has 0 radical (unpaired) electrons. The van der Waals surface area contributed by atoms with Crippen LogP contribution in [-0.2, 0) is 10.0 Å². The van der Waals surface area contributed by atoms with Crippen LogP contribution in [0.3, 0.4) is 0 Å². The average Bonchev–Trinajstić information content (AvgIpc) is 2.35. The largest absolute Gasteiger partial charge is 0.318 e. The number of benzene rings is 1. The molecule has 0 bridgehead atoms. The van der Waals surface area contributed by atoms with Crippen molar-refractivity contribution in [3.8, 4) is 0 Å². The molecule has 1 aromatic carbocycles. The molecule has 9 heteroatoms. The summed E-state index contributed by atoms with van der Waals surface area (Å²) >= 11 is 0. The van der Waals surface area contributed by atoms with E-state index in [1.54, 1.807) is 0 Å². The summed E-state index contributed by atoms with van der Waals surface area (Å²) < 4.78 is 26.8. The molecular formula is C12H20N4O4S. The van der Waals surface area contributed by atoms with Crippen molar-refractivity contribution < 1.29 is 13.3 Å². The van der Waals surface area contributed by atoms with Crippen LogP contribution < -0.4 is 16.0 Å². The van der Waals surface area contributed by atoms with E-state index in [2.05, 4.69) is 10.1 Å². The van der Waals surface area contributed by atoms with Crippen molar-refractivity contribution >= 4 is 21.4 Å². The molecule has 4 N–H and O–H groups in total. The first kappa shape index (κ1) is 17.3. The smallest absolute Gasteiger partial charge is 0.313 e. The Morgan fingerprint density at radius 3 is 2.43 bits per heavy atom. The predicted octanol–water partition coefficient (Wildman–Crippen LogP) is 1.59. The van der Waals surface area contributed by atoms with Gasteiger partial charge in [0.25, 0.3) is 0 Å². The third-order valence-corrected chi connectivity index (χ3v) is 4.29. The molecule has 0 amide bonds. The van der Waals surface area contributed by atoms with E-state index in [4.69, 9.17) is 5.84 Å². The van der Waals surface area contributed by atoms with Gasteiger partial charge in [-0.15, -0.1) is 0 Å². The second-order valence-electron chi connectivity index (χ2n) is 5.76. The highest BCUT2D eigenvalue weighted by molar-refractivity contribution is 7.89. The van der Waals surface area contributed by atoms with Crippen molar-refractivity contribution in [1.82, 2.24) is 4.72 Å². The van der Waals surface area contributed by atoms with Crippen LogP contribution in [0.5, 0.6) is 0 Å². The fraction of sp³-hybridized carbons (Fsp3) is 0.500. The van der Waals surface area contributed by atoms with Gasteiger partial charge in [-0.1, -0.05) is 26.8 Å². The number of sulfonamides is 1. The van der Waals surface area contributed by atoms with Crippen molar-refractivity contribution in [2.75, 3.05) is 12.0 Å². The maximum absolute atomic E-state index is 12.2. The molecule has 0 atom stereocenters. The zero-order valence-corrected chi connectivity index (χ0v) is 13.0. The van der Waals surface area contributed by atoms with E-state index < -0.39 is 25.5 Å². The number of para-hydroxylation sites is 1. The summed E-state index contributed by atoms with van der Waals surface area (Å²) in [5.74, 6) is 5.19. The number of nitro groups is 1. The Balaban J connectivity index is 3.11. The van der Waals surface area contributed by atoms with Gasteiger partial charge in [-0.3, -0.25) is 16.0 Å². The molecule has 0 heterocycles. The van der Waals surface area contributed by atoms with Crippen LogP contribution >= 0.6 is 0 Å². The summed E-state index contributed by atoms with van der Waals surface area (Å²) in [5, 5.41) is 11.1. The molecular weight excluding hydrogens is 296 g/mol. The molecule has 0 aromatic heterocycles. The third-order valence-electron chi connectivity index (χ3n) is 2.79. The summed E-state index contributed by atoms with van der Waals surface area (Å²) in [6.07, 6.45) is 0.606. The maximum atomic E-state index is 12.2. The molecule has 21 heavy (non-hydrogen) atoms. The molecule has 0 aliphatic rings. The number of nitrogen functional groups attached to an aromatic ring is 1. The predicted molar refractivity (Wildman–Crippen MR) is 80.2 cm³/mol. The molecule has 8 nitrogen and oxygen atoms in total. The Morgan fingerprint density at radius 1 is 1.33 bits per heavy atom. The van der Waals surface area contributed by atoms with Crippen LogP contribution in [0.4, 0.5) is 11.4 Å². The number of nitrogens with one attached hydrogen (secondary N) is 2. The standard InChI is InChI=1S/C12H20N4O4S/c1-12(2,3)7-8-14-21(19,20)10-6-4-5-9(15-13)11(10)16(17)18/h4-6,14-15H,7-8,13H2,1-3H3. The average molecular weight is 316 g/mol. The number of hydrazine groups is 1. The summed E-state index contributed by atoms with van der Waals surface area (Å²) in [7, 11) is -3.98. The van der Waals surface area contributed by atoms with Crippen LogP contribution in [0, 0.1) is 15.5 Å². The monoisotopic (exact) mass is 316 g/mol. The van der Waals surface area contributed by atoms with Crippen LogP contribution in [-0.4, -0.2) is 19.9 Å². The van der Waals surface area contributed by atoms with Gasteiger partial charge in [0.2, 0.25) is 10.0 Å². The van der Waals surface area contributed by atoms with E-state index >= 15 is 0 Å². The Hall–Kier alpha value is -1.71. The molecule has 0 unspecified atom stereocenters. The number of nitrogens with zero attached hydrogens (tertiary/aromatic N) is 1. The van der Waals surface area contributed by atoms with Crippen LogP contribution in [0.25, 0.3) is 0 Å². The van der Waals surface area contributed by atoms with Gasteiger partial charge in [0.15, 0.2) is 4.90 Å². The van der Waals surface area contributed by atoms with Gasteiger partial charge in [-0.2, -0.15) is 0 Å². The normalized spacial score (nSPS) is 12.2. The van der Waals surface area contributed by atoms with E-state index in [1.165, 1.54) is 18.2 Å². The first-order valence-electron chi connectivity index (χ1n) is 6.32. The van der Waals surface area contributed by atoms with E-state index in [0.717, 1.165) is 0 Å². The summed E-state index contributed by atoms with van der Waals surface area (Å²) in [4.78, 5) is 9.92. The lowest BCUT2D eigenvalue weighted by Gasteiger charge is -2.18. The third kappa shape index (κ3) is 4.66. The quantitative estimate of drug-likeness (QED) is 0.415. The number of hydrogen-bond donors (Lipinski definition) is 3. The van der Waals surface area contributed by atoms with E-state index in [1.807, 2.05) is 20.8 Å². The lowest BCUT2D eigenvalue weighted by molar-refractivity contribution is -0.386. The SMILES string of the molecule is CC(C)(C)CCNS(=O)(=O)c1cccc(NN)c1[N+](=O)[O-]. The van der Waals surface area contributed by atoms with Crippen molar-refractivity contribution in [3.05, 3.63) is 28.3 Å². The molecule has 0 saturated heterocycles. The van der Waals surface area contributed by atoms with Crippen LogP contribution in [0.2, 0.25) is 0 Å². The molecule has 0 aliphatic carbocycles. The van der Waals surface area contributed by atoms with E-state index in [0.29, 0.717) is 6.42 Å². The molecule has 1 rings (SSSR count). The van der Waals surface area contributed by atoms with Gasteiger partial charge in [0.05, 0.1) is 4.92 Å². The molecule has 0 spiro atoms. The Bertz CT molecular complexity index is 623. The highest BCUT2D eigenvalue weighted by atomic mass is 32.2. The second-order valence-corrected chi connectivity index (χ2v) is 7.50. The van der Waals surface area contributed by atoms with Crippen LogP contribution in [0.15, 0.2) is 23.1 Å². The first-order valence-corrected chi connectivity index (χ1v) is 7.80. The van der Waals surface area contributed by atoms with Crippen LogP contribution in [0.1, 0.15) is 27.2 Å². The number of anilines is 1. The van der Waals surface area contributed by atoms with Gasteiger partial charge in [-0.05, 0) is 24.0 Å². The van der Waals surface area contributed by atoms with Gasteiger partial charge in [-0.25, -0.2) is 13.1 Å². The second kappa shape index (κ2) is 6.37. The summed E-state index contributed by atoms with van der Waals surface area (Å²) in [6.45, 7) is 6.12. The van der Waals surface area contributed by atoms with Gasteiger partial charge in [0, 0.05) is 6.54 Å². The fourth-order valence-electron chi connectivity index (χ4n) is 1.68. The van der Waals surface area contributed by atoms with Gasteiger partial charge >= 0.3 is 5.69 Å². The number of rotatable bonds is 6. The minimum atomic E-state index is -3.98. The molecule has 0 fully saturated rings. The lowest BCUT2D eigenvalue weighted by Crippen LogP contribution is -2.28. The minimum Gasteiger partial charge on any atom is -0.318 e. The van der Waals surface area contributed by atoms with Gasteiger partial charge in [0.1, 0.15) is 5.69 Å². The minimum absolute atomic E-state index is 0.0465. The van der Waals surface area contributed by atoms with Crippen molar-refractivity contribution in [2.24, 2.45) is 11.3 Å². The number of nitro benzene ring substituents is 1. The Morgan fingerprint density at radius 2 is 1.95 bits per heavy atom. The van der Waals surface area contributed by atoms with E-state index in [9.17, 15) is 18.5 Å². The topological polar surface area (TPSA) is 127 Å². The van der Waals surface area contributed by atoms with Gasteiger partial charge < -0.3 is 5.43 Å². The highest BCUT2D eigenvalue weighted by Gasteiger charge is 2.28. The molecule has 0 aliphatic heterocycles. The number of hydrogen-bond acceptors (Lipinski definition) is 6. The van der Waals surface area contributed by atoms with Crippen molar-refractivity contribution in [1.29, 1.82) is 0 Å². The van der Waals surface area contributed by atoms with Crippen molar-refractivity contribution in [2.45, 2.75) is 32.1 Å². The lowest BCUT2D eigenvalue weighted by atomic mass is 9.93. The Labute approximate surface area is 123 Å². The molecule has 1 aromatic rings. The zero-order chi connectivity index (χ0) is 16.3. The van der Waals surface area contributed by atoms with Crippen molar-refractivity contribution in [3.63, 3.8) is 0 Å². The molecule has 0 saturated carbocycles. The molecule has 118 valence electrons. The fourth-order valence-corrected chi connectivity index (χ4v) is 2.91. The number of nitrogens with two attached hydrogens (primary N) is 1.